The molecule has 0 spiro atoms. The Balaban J connectivity index is 0.00000363. The maximum absolute atomic E-state index is 13.6. The largest absolute Gasteiger partial charge is 0.357 e. The van der Waals surface area contributed by atoms with Crippen LogP contribution in [0.4, 0.5) is 10.2 Å². The van der Waals surface area contributed by atoms with Crippen LogP contribution < -0.4 is 15.5 Å². The zero-order chi connectivity index (χ0) is 22.1. The van der Waals surface area contributed by atoms with Crippen LogP contribution >= 0.6 is 35.7 Å². The van der Waals surface area contributed by atoms with E-state index in [2.05, 4.69) is 44.6 Å². The number of pyridine rings is 1. The average Bonchev–Trinajstić information content (AvgIpc) is 2.78. The van der Waals surface area contributed by atoms with Gasteiger partial charge in [-0.25, -0.2) is 14.4 Å². The third-order valence-corrected chi connectivity index (χ3v) is 5.91. The third kappa shape index (κ3) is 8.08. The first-order chi connectivity index (χ1) is 15.1. The topological polar surface area (TPSA) is 55.8 Å². The lowest BCUT2D eigenvalue weighted by Crippen LogP contribution is -2.44. The van der Waals surface area contributed by atoms with Crippen LogP contribution in [0.15, 0.2) is 41.5 Å². The molecule has 1 aromatic carbocycles. The first kappa shape index (κ1) is 26.7. The molecule has 0 unspecified atom stereocenters. The van der Waals surface area contributed by atoms with Crippen molar-refractivity contribution >= 4 is 47.5 Å². The molecule has 0 amide bonds. The number of aromatic nitrogens is 1. The SMILES string of the molecule is CCNC(=NCc1ccc(N2CCN(C)CC2)nc1)NCc1ccc(F)cc1CSC.I. The van der Waals surface area contributed by atoms with Crippen molar-refractivity contribution in [3.05, 3.63) is 59.0 Å². The number of hydrogen-bond donors (Lipinski definition) is 2. The molecule has 2 N–H and O–H groups in total. The van der Waals surface area contributed by atoms with Crippen LogP contribution in [0.3, 0.4) is 0 Å². The number of halogens is 2. The summed E-state index contributed by atoms with van der Waals surface area (Å²) >= 11 is 1.69. The van der Waals surface area contributed by atoms with Gasteiger partial charge in [0.1, 0.15) is 11.6 Å². The Morgan fingerprint density at radius 1 is 1.12 bits per heavy atom. The molecule has 2 aromatic rings. The van der Waals surface area contributed by atoms with E-state index in [-0.39, 0.29) is 29.8 Å². The Morgan fingerprint density at radius 3 is 2.56 bits per heavy atom. The fourth-order valence-electron chi connectivity index (χ4n) is 3.48. The van der Waals surface area contributed by atoms with Crippen molar-refractivity contribution in [1.29, 1.82) is 0 Å². The summed E-state index contributed by atoms with van der Waals surface area (Å²) in [6.45, 7) is 8.12. The van der Waals surface area contributed by atoms with Gasteiger partial charge in [-0.1, -0.05) is 12.1 Å². The number of anilines is 1. The molecule has 0 aliphatic carbocycles. The highest BCUT2D eigenvalue weighted by atomic mass is 127. The second-order valence-electron chi connectivity index (χ2n) is 7.71. The molecule has 1 fully saturated rings. The smallest absolute Gasteiger partial charge is 0.191 e. The molecule has 2 heterocycles. The minimum absolute atomic E-state index is 0. The molecule has 1 saturated heterocycles. The fourth-order valence-corrected chi connectivity index (χ4v) is 4.06. The molecule has 0 atom stereocenters. The second-order valence-corrected chi connectivity index (χ2v) is 8.58. The zero-order valence-corrected chi connectivity index (χ0v) is 22.3. The van der Waals surface area contributed by atoms with Crippen molar-refractivity contribution in [3.63, 3.8) is 0 Å². The average molecular weight is 573 g/mol. The first-order valence-corrected chi connectivity index (χ1v) is 12.1. The molecular formula is C23H34FIN6S. The van der Waals surface area contributed by atoms with E-state index in [1.165, 1.54) is 6.07 Å². The predicted octanol–water partition coefficient (Wildman–Crippen LogP) is 3.71. The van der Waals surface area contributed by atoms with Crippen molar-refractivity contribution in [2.75, 3.05) is 50.9 Å². The molecule has 3 rings (SSSR count). The number of piperazine rings is 1. The first-order valence-electron chi connectivity index (χ1n) is 10.8. The van der Waals surface area contributed by atoms with Gasteiger partial charge in [0.05, 0.1) is 6.54 Å². The molecule has 32 heavy (non-hydrogen) atoms. The van der Waals surface area contributed by atoms with Gasteiger partial charge in [-0.15, -0.1) is 24.0 Å². The number of benzene rings is 1. The van der Waals surface area contributed by atoms with Crippen molar-refractivity contribution in [2.45, 2.75) is 25.8 Å². The van der Waals surface area contributed by atoms with Gasteiger partial charge in [-0.2, -0.15) is 11.8 Å². The Hall–Kier alpha value is -1.59. The van der Waals surface area contributed by atoms with E-state index < -0.39 is 0 Å². The normalized spacial score (nSPS) is 14.8. The van der Waals surface area contributed by atoms with Gasteiger partial charge in [0.15, 0.2) is 5.96 Å². The summed E-state index contributed by atoms with van der Waals surface area (Å²) in [7, 11) is 2.15. The Kier molecular flexibility index (Phi) is 11.5. The van der Waals surface area contributed by atoms with Crippen molar-refractivity contribution in [1.82, 2.24) is 20.5 Å². The third-order valence-electron chi connectivity index (χ3n) is 5.31. The number of nitrogens with zero attached hydrogens (tertiary/aromatic N) is 4. The summed E-state index contributed by atoms with van der Waals surface area (Å²) in [4.78, 5) is 14.0. The van der Waals surface area contributed by atoms with Crippen LogP contribution in [0.1, 0.15) is 23.6 Å². The minimum Gasteiger partial charge on any atom is -0.357 e. The number of rotatable bonds is 8. The van der Waals surface area contributed by atoms with Gasteiger partial charge in [0, 0.05) is 51.2 Å². The molecule has 0 saturated carbocycles. The summed E-state index contributed by atoms with van der Waals surface area (Å²) in [5, 5.41) is 6.65. The van der Waals surface area contributed by atoms with Gasteiger partial charge in [-0.05, 0) is 55.1 Å². The summed E-state index contributed by atoms with van der Waals surface area (Å²) in [6.07, 6.45) is 3.94. The number of guanidine groups is 1. The number of thioether (sulfide) groups is 1. The summed E-state index contributed by atoms with van der Waals surface area (Å²) in [5.41, 5.74) is 3.17. The lowest BCUT2D eigenvalue weighted by molar-refractivity contribution is 0.312. The lowest BCUT2D eigenvalue weighted by atomic mass is 10.1. The number of aliphatic imine (C=N–C) groups is 1. The van der Waals surface area contributed by atoms with Crippen LogP contribution in [0, 0.1) is 5.82 Å². The fraction of sp³-hybridized carbons (Fsp3) is 0.478. The van der Waals surface area contributed by atoms with Gasteiger partial charge in [-0.3, -0.25) is 0 Å². The van der Waals surface area contributed by atoms with E-state index in [1.54, 1.807) is 17.8 Å². The van der Waals surface area contributed by atoms with Gasteiger partial charge < -0.3 is 20.4 Å². The van der Waals surface area contributed by atoms with Crippen LogP contribution in [-0.4, -0.2) is 61.9 Å². The maximum Gasteiger partial charge on any atom is 0.191 e. The van der Waals surface area contributed by atoms with E-state index in [0.29, 0.717) is 13.1 Å². The molecule has 1 aliphatic heterocycles. The molecule has 176 valence electrons. The lowest BCUT2D eigenvalue weighted by Gasteiger charge is -2.33. The summed E-state index contributed by atoms with van der Waals surface area (Å²) in [5.74, 6) is 2.36. The molecule has 0 radical (unpaired) electrons. The zero-order valence-electron chi connectivity index (χ0n) is 19.1. The molecule has 1 aromatic heterocycles. The quantitative estimate of drug-likeness (QED) is 0.286. The van der Waals surface area contributed by atoms with E-state index in [1.807, 2.05) is 25.4 Å². The molecule has 6 nitrogen and oxygen atoms in total. The van der Waals surface area contributed by atoms with Crippen LogP contribution in [0.5, 0.6) is 0 Å². The van der Waals surface area contributed by atoms with Gasteiger partial charge in [0.25, 0.3) is 0 Å². The summed E-state index contributed by atoms with van der Waals surface area (Å²) in [6, 6.07) is 9.16. The highest BCUT2D eigenvalue weighted by molar-refractivity contribution is 14.0. The molecule has 0 bridgehead atoms. The maximum atomic E-state index is 13.6. The van der Waals surface area contributed by atoms with E-state index in [0.717, 1.165) is 66.9 Å². The number of nitrogens with one attached hydrogen (secondary N) is 2. The Labute approximate surface area is 212 Å². The number of likely N-dealkylation sites (N-methyl/N-ethyl adjacent to an activating group) is 1. The molecular weight excluding hydrogens is 538 g/mol. The Morgan fingerprint density at radius 2 is 1.91 bits per heavy atom. The molecule has 9 heteroatoms. The van der Waals surface area contributed by atoms with Crippen molar-refractivity contribution in [2.24, 2.45) is 4.99 Å². The minimum atomic E-state index is -0.194. The summed E-state index contributed by atoms with van der Waals surface area (Å²) < 4.78 is 13.6. The highest BCUT2D eigenvalue weighted by Gasteiger charge is 2.15. The predicted molar refractivity (Wildman–Crippen MR) is 145 cm³/mol. The van der Waals surface area contributed by atoms with E-state index in [4.69, 9.17) is 4.99 Å². The number of hydrogen-bond acceptors (Lipinski definition) is 5. The van der Waals surface area contributed by atoms with Crippen LogP contribution in [0.2, 0.25) is 0 Å². The van der Waals surface area contributed by atoms with Gasteiger partial charge >= 0.3 is 0 Å². The monoisotopic (exact) mass is 572 g/mol. The van der Waals surface area contributed by atoms with Crippen molar-refractivity contribution < 1.29 is 4.39 Å². The highest BCUT2D eigenvalue weighted by Crippen LogP contribution is 2.17. The van der Waals surface area contributed by atoms with E-state index in [9.17, 15) is 4.39 Å². The molecule has 1 aliphatic rings. The van der Waals surface area contributed by atoms with Gasteiger partial charge in [0.2, 0.25) is 0 Å². The second kappa shape index (κ2) is 13.8. The van der Waals surface area contributed by atoms with Crippen LogP contribution in [0.25, 0.3) is 0 Å². The standard InChI is InChI=1S/C23H33FN6S.HI/c1-4-25-23(28-16-19-6-7-21(24)13-20(19)17-31-3)27-15-18-5-8-22(26-14-18)30-11-9-29(2)10-12-30;/h5-8,13-14H,4,9-12,15-17H2,1-3H3,(H2,25,27,28);1H. The van der Waals surface area contributed by atoms with Crippen molar-refractivity contribution in [3.8, 4) is 0 Å². The van der Waals surface area contributed by atoms with E-state index >= 15 is 0 Å². The Bertz CT molecular complexity index is 856. The van der Waals surface area contributed by atoms with Crippen LogP contribution in [-0.2, 0) is 18.8 Å².